The highest BCUT2D eigenvalue weighted by atomic mass is 32.1. The van der Waals surface area contributed by atoms with Crippen molar-refractivity contribution in [3.8, 4) is 5.75 Å². The van der Waals surface area contributed by atoms with Crippen molar-refractivity contribution in [3.05, 3.63) is 51.7 Å². The maximum Gasteiger partial charge on any atom is 0.124 e. The average Bonchev–Trinajstić information content (AvgIpc) is 2.96. The number of thiophene rings is 1. The summed E-state index contributed by atoms with van der Waals surface area (Å²) in [7, 11) is 0. The van der Waals surface area contributed by atoms with E-state index in [1.807, 2.05) is 0 Å². The molecule has 2 aromatic rings. The Balaban J connectivity index is 2.10. The van der Waals surface area contributed by atoms with Crippen LogP contribution in [0, 0.1) is 6.92 Å². The fourth-order valence-corrected chi connectivity index (χ4v) is 2.75. The Morgan fingerprint density at radius 1 is 1.30 bits per heavy atom. The molecule has 0 aliphatic rings. The molecular weight excluding hydrogens is 266 g/mol. The molecule has 1 aromatic heterocycles. The highest BCUT2D eigenvalue weighted by Crippen LogP contribution is 2.27. The molecule has 2 nitrogen and oxygen atoms in total. The van der Waals surface area contributed by atoms with E-state index in [1.54, 1.807) is 11.3 Å². The van der Waals surface area contributed by atoms with Gasteiger partial charge in [0, 0.05) is 16.5 Å². The molecule has 108 valence electrons. The van der Waals surface area contributed by atoms with Crippen LogP contribution < -0.4 is 10.1 Å². The van der Waals surface area contributed by atoms with Crippen molar-refractivity contribution >= 4 is 11.3 Å². The second-order valence-electron chi connectivity index (χ2n) is 5.09. The highest BCUT2D eigenvalue weighted by Gasteiger charge is 2.11. The van der Waals surface area contributed by atoms with Gasteiger partial charge in [0.05, 0.1) is 0 Å². The van der Waals surface area contributed by atoms with Crippen LogP contribution in [0.4, 0.5) is 0 Å². The summed E-state index contributed by atoms with van der Waals surface area (Å²) < 4.78 is 6.03. The quantitative estimate of drug-likeness (QED) is 0.798. The van der Waals surface area contributed by atoms with Crippen LogP contribution in [0.25, 0.3) is 0 Å². The first-order chi connectivity index (χ1) is 9.70. The molecule has 0 saturated heterocycles. The number of aryl methyl sites for hydroxylation is 1. The van der Waals surface area contributed by atoms with E-state index in [4.69, 9.17) is 4.74 Å². The van der Waals surface area contributed by atoms with E-state index in [1.165, 1.54) is 16.0 Å². The van der Waals surface area contributed by atoms with Gasteiger partial charge in [0.25, 0.3) is 0 Å². The molecule has 0 saturated carbocycles. The van der Waals surface area contributed by atoms with Gasteiger partial charge in [-0.15, -0.1) is 11.3 Å². The number of nitrogens with one attached hydrogen (secondary N) is 1. The van der Waals surface area contributed by atoms with Crippen LogP contribution in [-0.4, -0.2) is 6.54 Å². The largest absolute Gasteiger partial charge is 0.488 e. The van der Waals surface area contributed by atoms with Gasteiger partial charge in [-0.25, -0.2) is 0 Å². The SMILES string of the molecule is CCCNC(C)c1ccc(C)cc1OCc1cccs1. The second-order valence-corrected chi connectivity index (χ2v) is 6.12. The molecule has 1 atom stereocenters. The lowest BCUT2D eigenvalue weighted by Crippen LogP contribution is -2.20. The van der Waals surface area contributed by atoms with Crippen molar-refractivity contribution in [2.24, 2.45) is 0 Å². The second kappa shape index (κ2) is 7.46. The first kappa shape index (κ1) is 15.1. The van der Waals surface area contributed by atoms with Crippen LogP contribution in [0.1, 0.15) is 42.3 Å². The zero-order valence-corrected chi connectivity index (χ0v) is 13.3. The number of hydrogen-bond acceptors (Lipinski definition) is 3. The zero-order chi connectivity index (χ0) is 14.4. The standard InChI is InChI=1S/C17H23NOS/c1-4-9-18-14(3)16-8-7-13(2)11-17(16)19-12-15-6-5-10-20-15/h5-8,10-11,14,18H,4,9,12H2,1-3H3. The van der Waals surface area contributed by atoms with Crippen molar-refractivity contribution in [3.63, 3.8) is 0 Å². The summed E-state index contributed by atoms with van der Waals surface area (Å²) in [5.74, 6) is 0.995. The summed E-state index contributed by atoms with van der Waals surface area (Å²) >= 11 is 1.73. The minimum Gasteiger partial charge on any atom is -0.488 e. The van der Waals surface area contributed by atoms with Crippen molar-refractivity contribution < 1.29 is 4.74 Å². The molecule has 0 aliphatic carbocycles. The monoisotopic (exact) mass is 289 g/mol. The first-order valence-corrected chi connectivity index (χ1v) is 8.07. The van der Waals surface area contributed by atoms with Gasteiger partial charge in [0.2, 0.25) is 0 Å². The molecule has 0 amide bonds. The van der Waals surface area contributed by atoms with E-state index in [0.717, 1.165) is 18.7 Å². The molecule has 2 rings (SSSR count). The Morgan fingerprint density at radius 2 is 2.15 bits per heavy atom. The molecule has 20 heavy (non-hydrogen) atoms. The third-order valence-corrected chi connectivity index (χ3v) is 4.14. The Morgan fingerprint density at radius 3 is 2.85 bits per heavy atom. The van der Waals surface area contributed by atoms with Gasteiger partial charge in [0.15, 0.2) is 0 Å². The predicted octanol–water partition coefficient (Wildman–Crippen LogP) is 4.70. The Hall–Kier alpha value is -1.32. The lowest BCUT2D eigenvalue weighted by molar-refractivity contribution is 0.303. The number of benzene rings is 1. The third-order valence-electron chi connectivity index (χ3n) is 3.29. The lowest BCUT2D eigenvalue weighted by Gasteiger charge is -2.18. The summed E-state index contributed by atoms with van der Waals surface area (Å²) in [4.78, 5) is 1.26. The normalized spacial score (nSPS) is 12.3. The molecular formula is C17H23NOS. The molecule has 1 unspecified atom stereocenters. The van der Waals surface area contributed by atoms with E-state index >= 15 is 0 Å². The number of hydrogen-bond donors (Lipinski definition) is 1. The van der Waals surface area contributed by atoms with Gasteiger partial charge in [-0.3, -0.25) is 0 Å². The van der Waals surface area contributed by atoms with Crippen molar-refractivity contribution in [1.82, 2.24) is 5.32 Å². The Bertz CT molecular complexity index is 522. The predicted molar refractivity (Wildman–Crippen MR) is 86.5 cm³/mol. The molecule has 0 bridgehead atoms. The fourth-order valence-electron chi connectivity index (χ4n) is 2.14. The van der Waals surface area contributed by atoms with Crippen LogP contribution in [0.5, 0.6) is 5.75 Å². The first-order valence-electron chi connectivity index (χ1n) is 7.19. The molecule has 0 aliphatic heterocycles. The zero-order valence-electron chi connectivity index (χ0n) is 12.5. The summed E-state index contributed by atoms with van der Waals surface area (Å²) in [5.41, 5.74) is 2.47. The topological polar surface area (TPSA) is 21.3 Å². The summed E-state index contributed by atoms with van der Waals surface area (Å²) in [6.07, 6.45) is 1.14. The van der Waals surface area contributed by atoms with Crippen LogP contribution >= 0.6 is 11.3 Å². The lowest BCUT2D eigenvalue weighted by atomic mass is 10.0. The van der Waals surface area contributed by atoms with Gasteiger partial charge < -0.3 is 10.1 Å². The third kappa shape index (κ3) is 4.09. The van der Waals surface area contributed by atoms with Gasteiger partial charge >= 0.3 is 0 Å². The summed E-state index contributed by atoms with van der Waals surface area (Å²) in [5, 5.41) is 5.61. The molecule has 1 heterocycles. The van der Waals surface area contributed by atoms with E-state index in [0.29, 0.717) is 12.6 Å². The molecule has 1 aromatic carbocycles. The smallest absolute Gasteiger partial charge is 0.124 e. The number of ether oxygens (including phenoxy) is 1. The Kier molecular flexibility index (Phi) is 5.62. The van der Waals surface area contributed by atoms with Gasteiger partial charge in [-0.1, -0.05) is 25.1 Å². The fraction of sp³-hybridized carbons (Fsp3) is 0.412. The van der Waals surface area contributed by atoms with E-state index in [2.05, 4.69) is 61.8 Å². The molecule has 0 spiro atoms. The average molecular weight is 289 g/mol. The molecule has 0 radical (unpaired) electrons. The van der Waals surface area contributed by atoms with Crippen LogP contribution in [-0.2, 0) is 6.61 Å². The maximum absolute atomic E-state index is 6.03. The van der Waals surface area contributed by atoms with Crippen molar-refractivity contribution in [2.45, 2.75) is 39.8 Å². The van der Waals surface area contributed by atoms with Crippen molar-refractivity contribution in [2.75, 3.05) is 6.54 Å². The minimum absolute atomic E-state index is 0.314. The minimum atomic E-state index is 0.314. The van der Waals surface area contributed by atoms with Gasteiger partial charge in [-0.2, -0.15) is 0 Å². The molecule has 1 N–H and O–H groups in total. The molecule has 0 fully saturated rings. The maximum atomic E-state index is 6.03. The van der Waals surface area contributed by atoms with Gasteiger partial charge in [-0.05, 0) is 49.9 Å². The van der Waals surface area contributed by atoms with E-state index in [-0.39, 0.29) is 0 Å². The van der Waals surface area contributed by atoms with Gasteiger partial charge in [0.1, 0.15) is 12.4 Å². The van der Waals surface area contributed by atoms with Crippen LogP contribution in [0.15, 0.2) is 35.7 Å². The van der Waals surface area contributed by atoms with E-state index in [9.17, 15) is 0 Å². The summed E-state index contributed by atoms with van der Waals surface area (Å²) in [6, 6.07) is 10.9. The van der Waals surface area contributed by atoms with Crippen LogP contribution in [0.3, 0.4) is 0 Å². The number of rotatable bonds is 7. The van der Waals surface area contributed by atoms with Crippen molar-refractivity contribution in [1.29, 1.82) is 0 Å². The highest BCUT2D eigenvalue weighted by molar-refractivity contribution is 7.09. The summed E-state index contributed by atoms with van der Waals surface area (Å²) in [6.45, 7) is 8.15. The van der Waals surface area contributed by atoms with Crippen LogP contribution in [0.2, 0.25) is 0 Å². The molecule has 3 heteroatoms. The Labute approximate surface area is 125 Å². The van der Waals surface area contributed by atoms with E-state index < -0.39 is 0 Å².